The third-order valence-electron chi connectivity index (χ3n) is 3.78. The third-order valence-corrected chi connectivity index (χ3v) is 3.78. The van der Waals surface area contributed by atoms with Gasteiger partial charge in [-0.3, -0.25) is 19.3 Å². The summed E-state index contributed by atoms with van der Waals surface area (Å²) in [4.78, 5) is 47.0. The number of nitrogens with one attached hydrogen (secondary N) is 1. The van der Waals surface area contributed by atoms with E-state index in [2.05, 4.69) is 11.9 Å². The Kier molecular flexibility index (Phi) is 7.50. The van der Waals surface area contributed by atoms with Crippen LogP contribution < -0.4 is 5.32 Å². The summed E-state index contributed by atoms with van der Waals surface area (Å²) in [5.74, 6) is -1.29. The molecule has 0 unspecified atom stereocenters. The van der Waals surface area contributed by atoms with Crippen LogP contribution in [0.15, 0.2) is 24.3 Å². The van der Waals surface area contributed by atoms with E-state index < -0.39 is 5.97 Å². The minimum Gasteiger partial charge on any atom is -0.456 e. The van der Waals surface area contributed by atoms with Crippen LogP contribution >= 0.6 is 0 Å². The molecule has 0 bridgehead atoms. The van der Waals surface area contributed by atoms with E-state index in [0.29, 0.717) is 29.6 Å². The molecule has 1 N–H and O–H groups in total. The van der Waals surface area contributed by atoms with Crippen molar-refractivity contribution in [3.63, 3.8) is 0 Å². The highest BCUT2D eigenvalue weighted by Gasteiger charge is 2.23. The largest absolute Gasteiger partial charge is 0.456 e. The van der Waals surface area contributed by atoms with E-state index in [1.54, 1.807) is 6.92 Å². The molecule has 0 radical (unpaired) electrons. The van der Waals surface area contributed by atoms with Gasteiger partial charge in [0.15, 0.2) is 0 Å². The molecule has 138 valence electrons. The first-order chi connectivity index (χ1) is 11.6. The number of likely N-dealkylation sites (N-methyl/N-ethyl adjacent to an activating group) is 1. The molecule has 25 heavy (non-hydrogen) atoms. The standard InChI is InChI=1S/C17H25N3O5/c1-13(2)17(24)25-12-11-20(3,4)10-7-14(21)18-8-9-19-15(22)5-6-16(19)23/h5-6H,1,7-12H2,2-4H3/p+1. The van der Waals surface area contributed by atoms with Gasteiger partial charge in [-0.25, -0.2) is 4.79 Å². The number of carbonyl (C=O) groups is 4. The molecule has 1 aliphatic heterocycles. The maximum absolute atomic E-state index is 11.9. The molecule has 0 aliphatic carbocycles. The van der Waals surface area contributed by atoms with Gasteiger partial charge in [0, 0.05) is 30.8 Å². The van der Waals surface area contributed by atoms with E-state index in [1.807, 2.05) is 14.1 Å². The Bertz CT molecular complexity index is 577. The molecule has 8 heteroatoms. The summed E-state index contributed by atoms with van der Waals surface area (Å²) in [7, 11) is 3.88. The van der Waals surface area contributed by atoms with Crippen LogP contribution in [0.25, 0.3) is 0 Å². The lowest BCUT2D eigenvalue weighted by Crippen LogP contribution is -2.45. The van der Waals surface area contributed by atoms with Crippen molar-refractivity contribution >= 4 is 23.7 Å². The first-order valence-corrected chi connectivity index (χ1v) is 8.07. The maximum Gasteiger partial charge on any atom is 0.333 e. The summed E-state index contributed by atoms with van der Waals surface area (Å²) in [6, 6.07) is 0. The van der Waals surface area contributed by atoms with E-state index in [4.69, 9.17) is 4.74 Å². The Balaban J connectivity index is 2.21. The van der Waals surface area contributed by atoms with Gasteiger partial charge in [0.25, 0.3) is 11.8 Å². The van der Waals surface area contributed by atoms with Crippen LogP contribution in [0.3, 0.4) is 0 Å². The van der Waals surface area contributed by atoms with E-state index in [9.17, 15) is 19.2 Å². The number of nitrogens with zero attached hydrogens (tertiary/aromatic N) is 2. The summed E-state index contributed by atoms with van der Waals surface area (Å²) in [6.45, 7) is 6.89. The van der Waals surface area contributed by atoms with Gasteiger partial charge >= 0.3 is 5.97 Å². The number of rotatable bonds is 10. The molecule has 0 atom stereocenters. The molecule has 0 spiro atoms. The number of carbonyl (C=O) groups excluding carboxylic acids is 4. The fourth-order valence-corrected chi connectivity index (χ4v) is 2.07. The highest BCUT2D eigenvalue weighted by Crippen LogP contribution is 2.03. The molecule has 0 saturated carbocycles. The molecule has 0 aromatic heterocycles. The first-order valence-electron chi connectivity index (χ1n) is 8.07. The average Bonchev–Trinajstić information content (AvgIpc) is 2.84. The lowest BCUT2D eigenvalue weighted by Gasteiger charge is -2.29. The fourth-order valence-electron chi connectivity index (χ4n) is 2.07. The zero-order valence-corrected chi connectivity index (χ0v) is 15.0. The fraction of sp³-hybridized carbons (Fsp3) is 0.529. The molecule has 1 rings (SSSR count). The lowest BCUT2D eigenvalue weighted by molar-refractivity contribution is -0.889. The smallest absolute Gasteiger partial charge is 0.333 e. The van der Waals surface area contributed by atoms with E-state index in [0.717, 1.165) is 4.90 Å². The van der Waals surface area contributed by atoms with Crippen molar-refractivity contribution in [2.45, 2.75) is 13.3 Å². The quantitative estimate of drug-likeness (QED) is 0.250. The van der Waals surface area contributed by atoms with Crippen LogP contribution in [0.2, 0.25) is 0 Å². The van der Waals surface area contributed by atoms with Crippen LogP contribution in [0.5, 0.6) is 0 Å². The first kappa shape index (κ1) is 20.6. The Labute approximate surface area is 147 Å². The van der Waals surface area contributed by atoms with Crippen molar-refractivity contribution in [2.24, 2.45) is 0 Å². The van der Waals surface area contributed by atoms with Gasteiger partial charge in [-0.15, -0.1) is 0 Å². The normalized spacial score (nSPS) is 14.0. The second-order valence-corrected chi connectivity index (χ2v) is 6.56. The molecule has 3 amide bonds. The predicted octanol–water partition coefficient (Wildman–Crippen LogP) is -0.387. The third kappa shape index (κ3) is 7.30. The summed E-state index contributed by atoms with van der Waals surface area (Å²) < 4.78 is 5.58. The van der Waals surface area contributed by atoms with Gasteiger partial charge in [0.1, 0.15) is 13.2 Å². The molecule has 1 aliphatic rings. The van der Waals surface area contributed by atoms with E-state index >= 15 is 0 Å². The second-order valence-electron chi connectivity index (χ2n) is 6.56. The Hall–Kier alpha value is -2.48. The monoisotopic (exact) mass is 352 g/mol. The van der Waals surface area contributed by atoms with Crippen molar-refractivity contribution in [1.29, 1.82) is 0 Å². The highest BCUT2D eigenvalue weighted by atomic mass is 16.5. The minimum atomic E-state index is -0.418. The Morgan fingerprint density at radius 1 is 1.20 bits per heavy atom. The molecule has 1 heterocycles. The number of esters is 1. The summed E-state index contributed by atoms with van der Waals surface area (Å²) in [6.07, 6.45) is 2.72. The number of ether oxygens (including phenoxy) is 1. The van der Waals surface area contributed by atoms with Gasteiger partial charge < -0.3 is 14.5 Å². The molecule has 0 aromatic rings. The SMILES string of the molecule is C=C(C)C(=O)OCC[N+](C)(C)CCC(=O)NCCN1C(=O)C=CC1=O. The lowest BCUT2D eigenvalue weighted by atomic mass is 10.3. The highest BCUT2D eigenvalue weighted by molar-refractivity contribution is 6.12. The molecule has 0 fully saturated rings. The molecular formula is C17H26N3O5+. The zero-order valence-electron chi connectivity index (χ0n) is 15.0. The van der Waals surface area contributed by atoms with Gasteiger partial charge in [-0.05, 0) is 6.92 Å². The number of quaternary nitrogens is 1. The predicted molar refractivity (Wildman–Crippen MR) is 91.1 cm³/mol. The Morgan fingerprint density at radius 2 is 1.80 bits per heavy atom. The molecule has 0 aromatic carbocycles. The van der Waals surface area contributed by atoms with Gasteiger partial charge in [0.2, 0.25) is 5.91 Å². The zero-order chi connectivity index (χ0) is 19.0. The van der Waals surface area contributed by atoms with Crippen molar-refractivity contribution in [3.8, 4) is 0 Å². The summed E-state index contributed by atoms with van der Waals surface area (Å²) >= 11 is 0. The summed E-state index contributed by atoms with van der Waals surface area (Å²) in [5.41, 5.74) is 0.356. The van der Waals surface area contributed by atoms with Gasteiger partial charge in [-0.2, -0.15) is 0 Å². The molecule has 8 nitrogen and oxygen atoms in total. The van der Waals surface area contributed by atoms with Crippen LogP contribution in [-0.4, -0.2) is 80.0 Å². The van der Waals surface area contributed by atoms with Crippen molar-refractivity contribution < 1.29 is 28.4 Å². The second kappa shape index (κ2) is 9.12. The summed E-state index contributed by atoms with van der Waals surface area (Å²) in [5, 5.41) is 2.69. The number of hydrogen-bond donors (Lipinski definition) is 1. The van der Waals surface area contributed by atoms with Gasteiger partial charge in [-0.1, -0.05) is 6.58 Å². The number of hydrogen-bond acceptors (Lipinski definition) is 5. The van der Waals surface area contributed by atoms with Crippen molar-refractivity contribution in [3.05, 3.63) is 24.3 Å². The van der Waals surface area contributed by atoms with Crippen LogP contribution in [0, 0.1) is 0 Å². The van der Waals surface area contributed by atoms with Crippen molar-refractivity contribution in [2.75, 3.05) is 46.9 Å². The van der Waals surface area contributed by atoms with Crippen LogP contribution in [0.1, 0.15) is 13.3 Å². The number of amides is 3. The van der Waals surface area contributed by atoms with Crippen LogP contribution in [-0.2, 0) is 23.9 Å². The van der Waals surface area contributed by atoms with Gasteiger partial charge in [0.05, 0.1) is 27.1 Å². The van der Waals surface area contributed by atoms with Crippen molar-refractivity contribution in [1.82, 2.24) is 10.2 Å². The van der Waals surface area contributed by atoms with Crippen LogP contribution in [0.4, 0.5) is 0 Å². The topological polar surface area (TPSA) is 92.8 Å². The number of imide groups is 1. The van der Waals surface area contributed by atoms with E-state index in [-0.39, 0.29) is 37.4 Å². The van der Waals surface area contributed by atoms with E-state index in [1.165, 1.54) is 12.2 Å². The Morgan fingerprint density at radius 3 is 2.36 bits per heavy atom. The average molecular weight is 352 g/mol. The maximum atomic E-state index is 11.9. The molecular weight excluding hydrogens is 326 g/mol. The minimum absolute atomic E-state index is 0.155. The molecule has 0 saturated heterocycles.